The highest BCUT2D eigenvalue weighted by Gasteiger charge is 2.22. The largest absolute Gasteiger partial charge is 0.350 e. The van der Waals surface area contributed by atoms with Crippen molar-refractivity contribution < 1.29 is 9.59 Å². The summed E-state index contributed by atoms with van der Waals surface area (Å²) in [5.41, 5.74) is 2.31. The number of halogens is 1. The Morgan fingerprint density at radius 2 is 1.73 bits per heavy atom. The lowest BCUT2D eigenvalue weighted by atomic mass is 9.84. The molecule has 6 heteroatoms. The molecule has 2 amide bonds. The fourth-order valence-corrected chi connectivity index (χ4v) is 3.93. The Bertz CT molecular complexity index is 822. The van der Waals surface area contributed by atoms with Crippen molar-refractivity contribution in [2.45, 2.75) is 39.2 Å². The van der Waals surface area contributed by atoms with Gasteiger partial charge in [0.15, 0.2) is 0 Å². The van der Waals surface area contributed by atoms with E-state index in [4.69, 9.17) is 0 Å². The Kier molecular flexibility index (Phi) is 9.34. The topological polar surface area (TPSA) is 70.2 Å². The van der Waals surface area contributed by atoms with Crippen molar-refractivity contribution in [2.24, 2.45) is 11.8 Å². The second-order valence-corrected chi connectivity index (χ2v) is 8.00. The van der Waals surface area contributed by atoms with Gasteiger partial charge in [0, 0.05) is 17.7 Å². The fraction of sp³-hybridized carbons (Fsp3) is 0.417. The van der Waals surface area contributed by atoms with E-state index in [1.165, 1.54) is 0 Å². The first-order valence-electron chi connectivity index (χ1n) is 10.5. The monoisotopic (exact) mass is 429 g/mol. The molecule has 0 bridgehead atoms. The minimum absolute atomic E-state index is 0. The molecule has 1 aliphatic heterocycles. The SMILES string of the molecule is CC(NC(=O)CC(C)C1CCNCC1)c1cccc(NC(=O)c2ccccc2)c1.Cl. The van der Waals surface area contributed by atoms with E-state index in [0.717, 1.165) is 37.2 Å². The van der Waals surface area contributed by atoms with Gasteiger partial charge in [-0.05, 0) is 74.5 Å². The third-order valence-corrected chi connectivity index (χ3v) is 5.75. The average molecular weight is 430 g/mol. The molecule has 5 nitrogen and oxygen atoms in total. The molecule has 0 aliphatic carbocycles. The predicted octanol–water partition coefficient (Wildman–Crippen LogP) is 4.56. The van der Waals surface area contributed by atoms with Gasteiger partial charge in [-0.25, -0.2) is 0 Å². The Labute approximate surface area is 185 Å². The van der Waals surface area contributed by atoms with Crippen LogP contribution in [0.15, 0.2) is 54.6 Å². The highest BCUT2D eigenvalue weighted by molar-refractivity contribution is 6.04. The van der Waals surface area contributed by atoms with Gasteiger partial charge in [0.25, 0.3) is 5.91 Å². The first-order chi connectivity index (χ1) is 14.0. The molecule has 1 aliphatic rings. The van der Waals surface area contributed by atoms with Gasteiger partial charge in [-0.15, -0.1) is 12.4 Å². The number of amides is 2. The average Bonchev–Trinajstić information content (AvgIpc) is 2.75. The summed E-state index contributed by atoms with van der Waals surface area (Å²) in [6.45, 7) is 6.26. The van der Waals surface area contributed by atoms with E-state index in [9.17, 15) is 9.59 Å². The molecule has 3 N–H and O–H groups in total. The minimum Gasteiger partial charge on any atom is -0.350 e. The van der Waals surface area contributed by atoms with Crippen LogP contribution in [0.5, 0.6) is 0 Å². The van der Waals surface area contributed by atoms with Crippen LogP contribution < -0.4 is 16.0 Å². The van der Waals surface area contributed by atoms with Crippen LogP contribution in [0.3, 0.4) is 0 Å². The number of hydrogen-bond donors (Lipinski definition) is 3. The lowest BCUT2D eigenvalue weighted by molar-refractivity contribution is -0.123. The number of benzene rings is 2. The van der Waals surface area contributed by atoms with Crippen molar-refractivity contribution in [3.8, 4) is 0 Å². The number of rotatable bonds is 7. The van der Waals surface area contributed by atoms with Gasteiger partial charge in [-0.3, -0.25) is 9.59 Å². The van der Waals surface area contributed by atoms with Gasteiger partial charge in [-0.1, -0.05) is 37.3 Å². The van der Waals surface area contributed by atoms with Crippen LogP contribution in [-0.2, 0) is 4.79 Å². The first-order valence-corrected chi connectivity index (χ1v) is 10.5. The number of carbonyl (C=O) groups excluding carboxylic acids is 2. The second-order valence-electron chi connectivity index (χ2n) is 8.00. The van der Waals surface area contributed by atoms with E-state index in [1.54, 1.807) is 12.1 Å². The van der Waals surface area contributed by atoms with Crippen molar-refractivity contribution in [1.29, 1.82) is 0 Å². The molecule has 0 saturated carbocycles. The zero-order chi connectivity index (χ0) is 20.6. The molecule has 0 aromatic heterocycles. The second kappa shape index (κ2) is 11.7. The smallest absolute Gasteiger partial charge is 0.255 e. The lowest BCUT2D eigenvalue weighted by Gasteiger charge is -2.28. The number of nitrogens with one attached hydrogen (secondary N) is 3. The van der Waals surface area contributed by atoms with Gasteiger partial charge >= 0.3 is 0 Å². The molecule has 1 heterocycles. The van der Waals surface area contributed by atoms with E-state index in [2.05, 4.69) is 22.9 Å². The molecular formula is C24H32ClN3O2. The maximum absolute atomic E-state index is 12.5. The summed E-state index contributed by atoms with van der Waals surface area (Å²) < 4.78 is 0. The Morgan fingerprint density at radius 1 is 1.03 bits per heavy atom. The van der Waals surface area contributed by atoms with Crippen LogP contribution in [0.25, 0.3) is 0 Å². The molecular weight excluding hydrogens is 398 g/mol. The summed E-state index contributed by atoms with van der Waals surface area (Å²) >= 11 is 0. The first kappa shape index (κ1) is 23.9. The van der Waals surface area contributed by atoms with Gasteiger partial charge < -0.3 is 16.0 Å². The van der Waals surface area contributed by atoms with Crippen molar-refractivity contribution >= 4 is 29.9 Å². The highest BCUT2D eigenvalue weighted by Crippen LogP contribution is 2.25. The van der Waals surface area contributed by atoms with Gasteiger partial charge in [0.05, 0.1) is 6.04 Å². The minimum atomic E-state index is -0.143. The van der Waals surface area contributed by atoms with E-state index in [1.807, 2.05) is 49.4 Å². The van der Waals surface area contributed by atoms with Gasteiger partial charge in [-0.2, -0.15) is 0 Å². The van der Waals surface area contributed by atoms with E-state index in [0.29, 0.717) is 23.8 Å². The molecule has 2 unspecified atom stereocenters. The van der Waals surface area contributed by atoms with Crippen molar-refractivity contribution in [1.82, 2.24) is 10.6 Å². The van der Waals surface area contributed by atoms with Gasteiger partial charge in [0.2, 0.25) is 5.91 Å². The van der Waals surface area contributed by atoms with Crippen LogP contribution in [0.4, 0.5) is 5.69 Å². The molecule has 1 fully saturated rings. The van der Waals surface area contributed by atoms with Crippen LogP contribution in [0, 0.1) is 11.8 Å². The predicted molar refractivity (Wildman–Crippen MR) is 124 cm³/mol. The number of anilines is 1. The fourth-order valence-electron chi connectivity index (χ4n) is 3.93. The molecule has 2 aromatic rings. The zero-order valence-electron chi connectivity index (χ0n) is 17.7. The quantitative estimate of drug-likeness (QED) is 0.604. The Balaban J connectivity index is 0.00000320. The summed E-state index contributed by atoms with van der Waals surface area (Å²) in [5.74, 6) is 0.951. The van der Waals surface area contributed by atoms with E-state index >= 15 is 0 Å². The lowest BCUT2D eigenvalue weighted by Crippen LogP contribution is -2.34. The Hall–Kier alpha value is -2.37. The highest BCUT2D eigenvalue weighted by atomic mass is 35.5. The number of piperidine rings is 1. The maximum atomic E-state index is 12.5. The molecule has 162 valence electrons. The third kappa shape index (κ3) is 6.85. The molecule has 2 atom stereocenters. The van der Waals surface area contributed by atoms with Crippen molar-refractivity contribution in [2.75, 3.05) is 18.4 Å². The number of carbonyl (C=O) groups is 2. The van der Waals surface area contributed by atoms with Crippen molar-refractivity contribution in [3.63, 3.8) is 0 Å². The van der Waals surface area contributed by atoms with Gasteiger partial charge in [0.1, 0.15) is 0 Å². The number of hydrogen-bond acceptors (Lipinski definition) is 3. The molecule has 0 spiro atoms. The van der Waals surface area contributed by atoms with Crippen LogP contribution in [0.2, 0.25) is 0 Å². The van der Waals surface area contributed by atoms with Crippen LogP contribution >= 0.6 is 12.4 Å². The van der Waals surface area contributed by atoms with Crippen LogP contribution in [0.1, 0.15) is 55.1 Å². The summed E-state index contributed by atoms with van der Waals surface area (Å²) in [6.07, 6.45) is 2.85. The Morgan fingerprint density at radius 3 is 2.43 bits per heavy atom. The summed E-state index contributed by atoms with van der Waals surface area (Å²) in [4.78, 5) is 24.9. The summed E-state index contributed by atoms with van der Waals surface area (Å²) in [5, 5.41) is 9.41. The van der Waals surface area contributed by atoms with E-state index < -0.39 is 0 Å². The molecule has 2 aromatic carbocycles. The third-order valence-electron chi connectivity index (χ3n) is 5.75. The van der Waals surface area contributed by atoms with E-state index in [-0.39, 0.29) is 30.3 Å². The van der Waals surface area contributed by atoms with Crippen LogP contribution in [-0.4, -0.2) is 24.9 Å². The maximum Gasteiger partial charge on any atom is 0.255 e. The zero-order valence-corrected chi connectivity index (χ0v) is 18.5. The normalized spacial score (nSPS) is 16.1. The van der Waals surface area contributed by atoms with Crippen molar-refractivity contribution in [3.05, 3.63) is 65.7 Å². The molecule has 1 saturated heterocycles. The standard InChI is InChI=1S/C24H31N3O2.ClH/c1-17(19-11-13-25-14-12-19)15-23(28)26-18(2)21-9-6-10-22(16-21)27-24(29)20-7-4-3-5-8-20;/h3-10,16-19,25H,11-15H2,1-2H3,(H,26,28)(H,27,29);1H. The molecule has 30 heavy (non-hydrogen) atoms. The summed E-state index contributed by atoms with van der Waals surface area (Å²) in [6, 6.07) is 16.7. The molecule has 3 rings (SSSR count). The summed E-state index contributed by atoms with van der Waals surface area (Å²) in [7, 11) is 0. The molecule has 0 radical (unpaired) electrons.